The van der Waals surface area contributed by atoms with Gasteiger partial charge in [0.2, 0.25) is 0 Å². The van der Waals surface area contributed by atoms with Gasteiger partial charge in [-0.1, -0.05) is 11.6 Å². The van der Waals surface area contributed by atoms with Crippen molar-refractivity contribution < 1.29 is 4.92 Å². The molecule has 0 N–H and O–H groups in total. The van der Waals surface area contributed by atoms with E-state index in [1.807, 2.05) is 11.0 Å². The van der Waals surface area contributed by atoms with Crippen LogP contribution in [-0.4, -0.2) is 40.3 Å². The lowest BCUT2D eigenvalue weighted by molar-refractivity contribution is -0.464. The molecule has 1 aliphatic rings. The Morgan fingerprint density at radius 2 is 2.33 bits per heavy atom. The van der Waals surface area contributed by atoms with Crippen molar-refractivity contribution in [3.8, 4) is 0 Å². The molecule has 7 heteroatoms. The second-order valence-electron chi connectivity index (χ2n) is 4.03. The average Bonchev–Trinajstić information content (AvgIpc) is 2.34. The molecule has 0 saturated carbocycles. The van der Waals surface area contributed by atoms with Crippen molar-refractivity contribution in [2.75, 3.05) is 19.6 Å². The highest BCUT2D eigenvalue weighted by Gasteiger charge is 2.20. The monoisotopic (exact) mass is 268 g/mol. The van der Waals surface area contributed by atoms with Crippen LogP contribution in [0.15, 0.2) is 23.3 Å². The fraction of sp³-hybridized carbons (Fsp3) is 0.455. The van der Waals surface area contributed by atoms with Crippen LogP contribution in [0.2, 0.25) is 5.02 Å². The van der Waals surface area contributed by atoms with Crippen LogP contribution in [0, 0.1) is 10.1 Å². The molecule has 18 heavy (non-hydrogen) atoms. The Bertz CT molecular complexity index is 461. The fourth-order valence-corrected chi connectivity index (χ4v) is 1.94. The van der Waals surface area contributed by atoms with Crippen LogP contribution >= 0.6 is 11.6 Å². The molecule has 0 amide bonds. The minimum Gasteiger partial charge on any atom is -0.349 e. The molecule has 0 aliphatic carbocycles. The highest BCUT2D eigenvalue weighted by atomic mass is 35.5. The molecule has 96 valence electrons. The maximum Gasteiger partial charge on any atom is 0.260 e. The molecule has 2 heterocycles. The van der Waals surface area contributed by atoms with Crippen molar-refractivity contribution >= 4 is 17.4 Å². The van der Waals surface area contributed by atoms with E-state index in [0.29, 0.717) is 23.9 Å². The molecule has 0 spiro atoms. The van der Waals surface area contributed by atoms with Crippen LogP contribution < -0.4 is 0 Å². The van der Waals surface area contributed by atoms with Crippen LogP contribution in [0.25, 0.3) is 0 Å². The normalized spacial score (nSPS) is 15.4. The first-order valence-electron chi connectivity index (χ1n) is 5.65. The van der Waals surface area contributed by atoms with Crippen LogP contribution in [0.3, 0.4) is 0 Å². The Balaban J connectivity index is 2.06. The molecule has 0 fully saturated rings. The second kappa shape index (κ2) is 5.77. The van der Waals surface area contributed by atoms with Gasteiger partial charge in [-0.05, 0) is 18.6 Å². The molecule has 0 atom stereocenters. The maximum atomic E-state index is 10.6. The Hall–Kier alpha value is -1.69. The summed E-state index contributed by atoms with van der Waals surface area (Å²) >= 11 is 5.76. The molecule has 2 rings (SSSR count). The van der Waals surface area contributed by atoms with Gasteiger partial charge in [0.15, 0.2) is 5.84 Å². The van der Waals surface area contributed by atoms with Gasteiger partial charge in [0.1, 0.15) is 0 Å². The van der Waals surface area contributed by atoms with E-state index in [9.17, 15) is 10.1 Å². The first-order valence-corrected chi connectivity index (χ1v) is 6.03. The quantitative estimate of drug-likeness (QED) is 0.614. The summed E-state index contributed by atoms with van der Waals surface area (Å²) in [6, 6.07) is 3.58. The number of pyridine rings is 1. The SMILES string of the molecule is O=[N+]([O-])CC1=NCCCN1Cc1ccc(Cl)cn1. The smallest absolute Gasteiger partial charge is 0.260 e. The van der Waals surface area contributed by atoms with Crippen LogP contribution in [0.5, 0.6) is 0 Å². The average molecular weight is 269 g/mol. The minimum atomic E-state index is -0.355. The number of hydrogen-bond donors (Lipinski definition) is 0. The number of rotatable bonds is 4. The number of hydrogen-bond acceptors (Lipinski definition) is 5. The van der Waals surface area contributed by atoms with E-state index in [0.717, 1.165) is 18.7 Å². The van der Waals surface area contributed by atoms with Crippen molar-refractivity contribution in [2.24, 2.45) is 4.99 Å². The highest BCUT2D eigenvalue weighted by Crippen LogP contribution is 2.11. The van der Waals surface area contributed by atoms with Gasteiger partial charge >= 0.3 is 0 Å². The van der Waals surface area contributed by atoms with Gasteiger partial charge in [-0.25, -0.2) is 0 Å². The molecule has 0 saturated heterocycles. The zero-order chi connectivity index (χ0) is 13.0. The van der Waals surface area contributed by atoms with Gasteiger partial charge in [0, 0.05) is 24.2 Å². The minimum absolute atomic E-state index is 0.229. The van der Waals surface area contributed by atoms with Crippen LogP contribution in [0.4, 0.5) is 0 Å². The summed E-state index contributed by atoms with van der Waals surface area (Å²) < 4.78 is 0. The molecular formula is C11H13ClN4O2. The summed E-state index contributed by atoms with van der Waals surface area (Å²) in [5.41, 5.74) is 0.831. The molecule has 1 aromatic heterocycles. The lowest BCUT2D eigenvalue weighted by atomic mass is 10.2. The van der Waals surface area contributed by atoms with Crippen molar-refractivity contribution in [3.05, 3.63) is 39.2 Å². The Labute approximate surface area is 109 Å². The van der Waals surface area contributed by atoms with Gasteiger partial charge < -0.3 is 4.90 Å². The molecule has 0 unspecified atom stereocenters. The number of aliphatic imine (C=N–C) groups is 1. The molecular weight excluding hydrogens is 256 g/mol. The molecule has 0 bridgehead atoms. The van der Waals surface area contributed by atoms with Crippen molar-refractivity contribution in [1.82, 2.24) is 9.88 Å². The van der Waals surface area contributed by atoms with E-state index in [1.165, 1.54) is 0 Å². The summed E-state index contributed by atoms with van der Waals surface area (Å²) in [5, 5.41) is 11.2. The maximum absolute atomic E-state index is 10.6. The predicted octanol–water partition coefficient (Wildman–Crippen LogP) is 1.62. The Morgan fingerprint density at radius 1 is 1.50 bits per heavy atom. The van der Waals surface area contributed by atoms with Gasteiger partial charge in [0.05, 0.1) is 17.3 Å². The topological polar surface area (TPSA) is 71.6 Å². The van der Waals surface area contributed by atoms with Gasteiger partial charge in [-0.3, -0.25) is 20.1 Å². The van der Waals surface area contributed by atoms with E-state index in [-0.39, 0.29) is 11.5 Å². The third kappa shape index (κ3) is 3.40. The summed E-state index contributed by atoms with van der Waals surface area (Å²) in [6.07, 6.45) is 2.49. The van der Waals surface area contributed by atoms with Crippen molar-refractivity contribution in [2.45, 2.75) is 13.0 Å². The summed E-state index contributed by atoms with van der Waals surface area (Å²) in [5.74, 6) is 0.531. The van der Waals surface area contributed by atoms with Crippen molar-refractivity contribution in [1.29, 1.82) is 0 Å². The Morgan fingerprint density at radius 3 is 3.00 bits per heavy atom. The van der Waals surface area contributed by atoms with Gasteiger partial charge in [0.25, 0.3) is 6.54 Å². The number of aromatic nitrogens is 1. The van der Waals surface area contributed by atoms with Crippen LogP contribution in [0.1, 0.15) is 12.1 Å². The largest absolute Gasteiger partial charge is 0.349 e. The number of amidine groups is 1. The lowest BCUT2D eigenvalue weighted by Crippen LogP contribution is -2.39. The van der Waals surface area contributed by atoms with Gasteiger partial charge in [-0.15, -0.1) is 0 Å². The third-order valence-electron chi connectivity index (χ3n) is 2.66. The van der Waals surface area contributed by atoms with Crippen LogP contribution in [-0.2, 0) is 6.54 Å². The molecule has 0 aromatic carbocycles. The standard InChI is InChI=1S/C11H13ClN4O2/c12-9-2-3-10(14-6-9)7-15-5-1-4-13-11(15)8-16(17)18/h2-3,6H,1,4-5,7-8H2. The van der Waals surface area contributed by atoms with E-state index in [2.05, 4.69) is 9.98 Å². The molecule has 1 aliphatic heterocycles. The van der Waals surface area contributed by atoms with Crippen molar-refractivity contribution in [3.63, 3.8) is 0 Å². The summed E-state index contributed by atoms with van der Waals surface area (Å²) in [7, 11) is 0. The van der Waals surface area contributed by atoms with E-state index < -0.39 is 0 Å². The molecule has 6 nitrogen and oxygen atoms in total. The van der Waals surface area contributed by atoms with E-state index in [4.69, 9.17) is 11.6 Å². The zero-order valence-electron chi connectivity index (χ0n) is 9.75. The second-order valence-corrected chi connectivity index (χ2v) is 4.47. The number of nitro groups is 1. The summed E-state index contributed by atoms with van der Waals surface area (Å²) in [6.45, 7) is 1.74. The van der Waals surface area contributed by atoms with Gasteiger partial charge in [-0.2, -0.15) is 0 Å². The summed E-state index contributed by atoms with van der Waals surface area (Å²) in [4.78, 5) is 20.5. The molecule has 1 aromatic rings. The van der Waals surface area contributed by atoms with E-state index in [1.54, 1.807) is 12.3 Å². The highest BCUT2D eigenvalue weighted by molar-refractivity contribution is 6.30. The zero-order valence-corrected chi connectivity index (χ0v) is 10.5. The molecule has 0 radical (unpaired) electrons. The predicted molar refractivity (Wildman–Crippen MR) is 68.4 cm³/mol. The Kier molecular flexibility index (Phi) is 4.09. The fourth-order valence-electron chi connectivity index (χ4n) is 1.83. The first kappa shape index (κ1) is 12.8. The van der Waals surface area contributed by atoms with E-state index >= 15 is 0 Å². The third-order valence-corrected chi connectivity index (χ3v) is 2.88. The first-order chi connectivity index (χ1) is 8.65. The number of halogens is 1. The lowest BCUT2D eigenvalue weighted by Gasteiger charge is -2.27. The number of nitrogens with zero attached hydrogens (tertiary/aromatic N) is 4.